The minimum atomic E-state index is -0.688. The van der Waals surface area contributed by atoms with E-state index in [4.69, 9.17) is 16.3 Å². The van der Waals surface area contributed by atoms with Gasteiger partial charge in [-0.25, -0.2) is 0 Å². The third kappa shape index (κ3) is 5.47. The lowest BCUT2D eigenvalue weighted by Gasteiger charge is -2.31. The van der Waals surface area contributed by atoms with Gasteiger partial charge in [0.25, 0.3) is 11.8 Å². The van der Waals surface area contributed by atoms with Crippen LogP contribution in [0, 0.1) is 5.92 Å². The normalized spacial score (nSPS) is 19.7. The molecule has 0 radical (unpaired) electrons. The zero-order valence-corrected chi connectivity index (χ0v) is 16.7. The number of hydrogen-bond donors (Lipinski definition) is 2. The van der Waals surface area contributed by atoms with Crippen molar-refractivity contribution in [2.24, 2.45) is 5.92 Å². The fraction of sp³-hybridized carbons (Fsp3) is 0.500. The predicted octanol–water partition coefficient (Wildman–Crippen LogP) is 1.83. The van der Waals surface area contributed by atoms with Gasteiger partial charge in [0, 0.05) is 19.0 Å². The lowest BCUT2D eigenvalue weighted by atomic mass is 9.94. The topological polar surface area (TPSA) is 105 Å². The van der Waals surface area contributed by atoms with Crippen LogP contribution in [0.25, 0.3) is 0 Å². The quantitative estimate of drug-likeness (QED) is 0.557. The van der Waals surface area contributed by atoms with Gasteiger partial charge in [-0.1, -0.05) is 43.0 Å². The van der Waals surface area contributed by atoms with Crippen molar-refractivity contribution in [1.82, 2.24) is 15.8 Å². The van der Waals surface area contributed by atoms with Gasteiger partial charge in [-0.05, 0) is 25.0 Å². The fourth-order valence-corrected chi connectivity index (χ4v) is 3.99. The first kappa shape index (κ1) is 21.1. The Morgan fingerprint density at radius 2 is 1.83 bits per heavy atom. The fourth-order valence-electron chi connectivity index (χ4n) is 3.76. The SMILES string of the molecule is O=C(COC(=O)[C@H]1CC(=O)N(C2CCCCC2)C1)NNC(=O)c1ccccc1Cl. The highest BCUT2D eigenvalue weighted by atomic mass is 35.5. The zero-order valence-electron chi connectivity index (χ0n) is 16.0. The number of carbonyl (C=O) groups is 4. The Balaban J connectivity index is 1.41. The van der Waals surface area contributed by atoms with E-state index in [-0.39, 0.29) is 29.0 Å². The van der Waals surface area contributed by atoms with Crippen molar-refractivity contribution >= 4 is 35.3 Å². The molecule has 1 saturated carbocycles. The first-order valence-electron chi connectivity index (χ1n) is 9.75. The number of benzene rings is 1. The third-order valence-corrected chi connectivity index (χ3v) is 5.62. The maximum absolute atomic E-state index is 12.2. The molecule has 1 atom stereocenters. The minimum absolute atomic E-state index is 0.0321. The number of halogens is 1. The first-order valence-corrected chi connectivity index (χ1v) is 10.1. The van der Waals surface area contributed by atoms with E-state index in [1.807, 2.05) is 0 Å². The van der Waals surface area contributed by atoms with Crippen LogP contribution in [0.2, 0.25) is 5.02 Å². The number of nitrogens with one attached hydrogen (secondary N) is 2. The smallest absolute Gasteiger partial charge is 0.311 e. The van der Waals surface area contributed by atoms with E-state index in [0.717, 1.165) is 25.7 Å². The molecule has 3 rings (SSSR count). The second-order valence-electron chi connectivity index (χ2n) is 7.33. The molecule has 1 aliphatic carbocycles. The maximum atomic E-state index is 12.2. The van der Waals surface area contributed by atoms with Crippen LogP contribution < -0.4 is 10.9 Å². The number of hydrogen-bond acceptors (Lipinski definition) is 5. The number of esters is 1. The number of hydrazine groups is 1. The van der Waals surface area contributed by atoms with Crippen LogP contribution in [0.15, 0.2) is 24.3 Å². The summed E-state index contributed by atoms with van der Waals surface area (Å²) in [5, 5.41) is 0.249. The molecule has 2 N–H and O–H groups in total. The van der Waals surface area contributed by atoms with Crippen molar-refractivity contribution < 1.29 is 23.9 Å². The molecule has 1 aliphatic heterocycles. The molecule has 1 heterocycles. The van der Waals surface area contributed by atoms with Gasteiger partial charge in [0.05, 0.1) is 16.5 Å². The van der Waals surface area contributed by atoms with Gasteiger partial charge < -0.3 is 9.64 Å². The molecule has 2 fully saturated rings. The van der Waals surface area contributed by atoms with E-state index in [9.17, 15) is 19.2 Å². The van der Waals surface area contributed by atoms with Crippen LogP contribution in [0.4, 0.5) is 0 Å². The Morgan fingerprint density at radius 1 is 1.10 bits per heavy atom. The molecule has 0 bridgehead atoms. The summed E-state index contributed by atoms with van der Waals surface area (Å²) in [6.45, 7) is -0.205. The zero-order chi connectivity index (χ0) is 20.8. The summed E-state index contributed by atoms with van der Waals surface area (Å²) >= 11 is 5.92. The summed E-state index contributed by atoms with van der Waals surface area (Å²) < 4.78 is 5.03. The summed E-state index contributed by atoms with van der Waals surface area (Å²) in [5.74, 6) is -2.44. The molecule has 8 nitrogen and oxygen atoms in total. The third-order valence-electron chi connectivity index (χ3n) is 5.29. The molecule has 0 unspecified atom stereocenters. The van der Waals surface area contributed by atoms with Crippen molar-refractivity contribution in [3.8, 4) is 0 Å². The monoisotopic (exact) mass is 421 g/mol. The largest absolute Gasteiger partial charge is 0.455 e. The molecule has 1 saturated heterocycles. The molecule has 3 amide bonds. The molecule has 29 heavy (non-hydrogen) atoms. The molecule has 156 valence electrons. The van der Waals surface area contributed by atoms with Gasteiger partial charge >= 0.3 is 5.97 Å². The second kappa shape index (κ2) is 9.73. The van der Waals surface area contributed by atoms with Gasteiger partial charge in [0.1, 0.15) is 0 Å². The van der Waals surface area contributed by atoms with Crippen LogP contribution in [0.3, 0.4) is 0 Å². The van der Waals surface area contributed by atoms with Crippen molar-refractivity contribution in [2.45, 2.75) is 44.6 Å². The summed E-state index contributed by atoms with van der Waals surface area (Å²) in [7, 11) is 0. The summed E-state index contributed by atoms with van der Waals surface area (Å²) in [6, 6.07) is 6.60. The number of carbonyl (C=O) groups excluding carboxylic acids is 4. The molecule has 1 aromatic carbocycles. The van der Waals surface area contributed by atoms with Crippen molar-refractivity contribution in [3.63, 3.8) is 0 Å². The Bertz CT molecular complexity index is 794. The second-order valence-corrected chi connectivity index (χ2v) is 7.74. The highest BCUT2D eigenvalue weighted by molar-refractivity contribution is 6.33. The van der Waals surface area contributed by atoms with Gasteiger partial charge in [0.15, 0.2) is 6.61 Å². The van der Waals surface area contributed by atoms with E-state index in [0.29, 0.717) is 6.54 Å². The number of ether oxygens (including phenoxy) is 1. The van der Waals surface area contributed by atoms with E-state index in [2.05, 4.69) is 10.9 Å². The molecular formula is C20H24ClN3O5. The van der Waals surface area contributed by atoms with Crippen LogP contribution in [0.5, 0.6) is 0 Å². The molecule has 0 aromatic heterocycles. The Hall–Kier alpha value is -2.61. The van der Waals surface area contributed by atoms with E-state index < -0.39 is 30.3 Å². The average Bonchev–Trinajstić information content (AvgIpc) is 3.13. The first-order chi connectivity index (χ1) is 14.0. The molecule has 0 spiro atoms. The van der Waals surface area contributed by atoms with Gasteiger partial charge in [-0.15, -0.1) is 0 Å². The Morgan fingerprint density at radius 3 is 2.55 bits per heavy atom. The predicted molar refractivity (Wildman–Crippen MR) is 105 cm³/mol. The molecule has 1 aromatic rings. The van der Waals surface area contributed by atoms with Crippen molar-refractivity contribution in [2.75, 3.05) is 13.2 Å². The lowest BCUT2D eigenvalue weighted by Crippen LogP contribution is -2.44. The van der Waals surface area contributed by atoms with Crippen LogP contribution in [0.1, 0.15) is 48.9 Å². The average molecular weight is 422 g/mol. The highest BCUT2D eigenvalue weighted by Gasteiger charge is 2.39. The summed E-state index contributed by atoms with van der Waals surface area (Å²) in [5.41, 5.74) is 4.59. The van der Waals surface area contributed by atoms with Crippen LogP contribution >= 0.6 is 11.6 Å². The molecule has 2 aliphatic rings. The van der Waals surface area contributed by atoms with Gasteiger partial charge in [-0.2, -0.15) is 0 Å². The van der Waals surface area contributed by atoms with E-state index >= 15 is 0 Å². The number of likely N-dealkylation sites (tertiary alicyclic amines) is 1. The van der Waals surface area contributed by atoms with Gasteiger partial charge in [-0.3, -0.25) is 30.0 Å². The summed E-state index contributed by atoms with van der Waals surface area (Å²) in [4.78, 5) is 50.1. The van der Waals surface area contributed by atoms with E-state index in [1.54, 1.807) is 23.1 Å². The van der Waals surface area contributed by atoms with Crippen molar-refractivity contribution in [1.29, 1.82) is 0 Å². The van der Waals surface area contributed by atoms with Crippen LogP contribution in [-0.4, -0.2) is 47.8 Å². The van der Waals surface area contributed by atoms with E-state index in [1.165, 1.54) is 12.5 Å². The number of amides is 3. The maximum Gasteiger partial charge on any atom is 0.311 e. The Kier molecular flexibility index (Phi) is 7.09. The minimum Gasteiger partial charge on any atom is -0.455 e. The van der Waals surface area contributed by atoms with Gasteiger partial charge in [0.2, 0.25) is 5.91 Å². The summed E-state index contributed by atoms with van der Waals surface area (Å²) in [6.07, 6.45) is 5.45. The van der Waals surface area contributed by atoms with Crippen LogP contribution in [-0.2, 0) is 19.1 Å². The molecular weight excluding hydrogens is 398 g/mol. The standard InChI is InChI=1S/C20H24ClN3O5/c21-16-9-5-4-8-15(16)19(27)23-22-17(25)12-29-20(28)13-10-18(26)24(11-13)14-6-2-1-3-7-14/h4-5,8-9,13-14H,1-3,6-7,10-12H2,(H,22,25)(H,23,27)/t13-/m0/s1. The van der Waals surface area contributed by atoms with Crippen molar-refractivity contribution in [3.05, 3.63) is 34.9 Å². The number of nitrogens with zero attached hydrogens (tertiary/aromatic N) is 1. The Labute approximate surface area is 173 Å². The highest BCUT2D eigenvalue weighted by Crippen LogP contribution is 2.29. The lowest BCUT2D eigenvalue weighted by molar-refractivity contribution is -0.152. The molecule has 9 heteroatoms. The number of rotatable bonds is 5.